The summed E-state index contributed by atoms with van der Waals surface area (Å²) in [7, 11) is 0. The Labute approximate surface area is 110 Å². The average Bonchev–Trinajstić information content (AvgIpc) is 2.80. The number of benzene rings is 1. The Morgan fingerprint density at radius 2 is 2.32 bits per heavy atom. The number of halogens is 1. The van der Waals surface area contributed by atoms with E-state index in [1.807, 2.05) is 0 Å². The van der Waals surface area contributed by atoms with Crippen molar-refractivity contribution >= 4 is 11.7 Å². The van der Waals surface area contributed by atoms with Crippen LogP contribution in [0.1, 0.15) is 6.42 Å². The number of carbonyl (C=O) groups excluding carboxylic acids is 1. The molecule has 1 aliphatic carbocycles. The molecule has 1 aromatic carbocycles. The number of amides is 2. The Kier molecular flexibility index (Phi) is 3.12. The Bertz CT molecular complexity index is 497. The molecule has 19 heavy (non-hydrogen) atoms. The van der Waals surface area contributed by atoms with Gasteiger partial charge in [0, 0.05) is 24.3 Å². The maximum atomic E-state index is 13.0. The van der Waals surface area contributed by atoms with Gasteiger partial charge in [-0.2, -0.15) is 0 Å². The van der Waals surface area contributed by atoms with Gasteiger partial charge in [0.2, 0.25) is 0 Å². The van der Waals surface area contributed by atoms with Gasteiger partial charge in [-0.1, -0.05) is 6.07 Å². The third-order valence-corrected chi connectivity index (χ3v) is 3.83. The van der Waals surface area contributed by atoms with Crippen LogP contribution < -0.4 is 16.4 Å². The van der Waals surface area contributed by atoms with Gasteiger partial charge in [0.05, 0.1) is 12.1 Å². The molecule has 1 heterocycles. The van der Waals surface area contributed by atoms with Crippen LogP contribution in [0, 0.1) is 11.7 Å². The summed E-state index contributed by atoms with van der Waals surface area (Å²) in [5, 5.41) is 5.36. The van der Waals surface area contributed by atoms with Crippen LogP contribution in [0.5, 0.6) is 0 Å². The van der Waals surface area contributed by atoms with Crippen molar-refractivity contribution < 1.29 is 13.9 Å². The molecule has 4 N–H and O–H groups in total. The van der Waals surface area contributed by atoms with Gasteiger partial charge in [-0.25, -0.2) is 9.18 Å². The summed E-state index contributed by atoms with van der Waals surface area (Å²) in [5.41, 5.74) is 6.40. The highest BCUT2D eigenvalue weighted by molar-refractivity contribution is 5.89. The zero-order valence-corrected chi connectivity index (χ0v) is 10.3. The number of hydrogen-bond acceptors (Lipinski definition) is 3. The highest BCUT2D eigenvalue weighted by Crippen LogP contribution is 2.37. The molecule has 6 heteroatoms. The predicted molar refractivity (Wildman–Crippen MR) is 68.2 cm³/mol. The van der Waals surface area contributed by atoms with Gasteiger partial charge in [0.25, 0.3) is 0 Å². The van der Waals surface area contributed by atoms with Crippen LogP contribution in [0.2, 0.25) is 0 Å². The smallest absolute Gasteiger partial charge is 0.319 e. The molecule has 2 amide bonds. The van der Waals surface area contributed by atoms with E-state index >= 15 is 0 Å². The van der Waals surface area contributed by atoms with Crippen molar-refractivity contribution in [3.63, 3.8) is 0 Å². The predicted octanol–water partition coefficient (Wildman–Crippen LogP) is 1.06. The summed E-state index contributed by atoms with van der Waals surface area (Å²) in [4.78, 5) is 11.8. The van der Waals surface area contributed by atoms with E-state index in [0.29, 0.717) is 18.2 Å². The summed E-state index contributed by atoms with van der Waals surface area (Å²) in [5.74, 6) is -0.0446. The SMILES string of the molecule is NC1C2CCOC2C1NC(=O)Nc1cccc(F)c1. The van der Waals surface area contributed by atoms with E-state index in [0.717, 1.165) is 6.42 Å². The van der Waals surface area contributed by atoms with Crippen molar-refractivity contribution in [1.82, 2.24) is 5.32 Å². The molecule has 1 saturated heterocycles. The summed E-state index contributed by atoms with van der Waals surface area (Å²) in [6.45, 7) is 0.701. The molecule has 0 spiro atoms. The van der Waals surface area contributed by atoms with Crippen LogP contribution in [-0.4, -0.2) is 30.8 Å². The average molecular weight is 265 g/mol. The van der Waals surface area contributed by atoms with Crippen molar-refractivity contribution in [2.45, 2.75) is 24.6 Å². The van der Waals surface area contributed by atoms with Gasteiger partial charge in [0.1, 0.15) is 5.82 Å². The van der Waals surface area contributed by atoms with Gasteiger partial charge in [-0.15, -0.1) is 0 Å². The lowest BCUT2D eigenvalue weighted by atomic mass is 9.72. The first kappa shape index (κ1) is 12.4. The van der Waals surface area contributed by atoms with Crippen LogP contribution in [0.15, 0.2) is 24.3 Å². The molecule has 2 fully saturated rings. The van der Waals surface area contributed by atoms with Crippen molar-refractivity contribution in [2.75, 3.05) is 11.9 Å². The molecule has 2 aliphatic rings. The van der Waals surface area contributed by atoms with E-state index in [2.05, 4.69) is 10.6 Å². The first-order chi connectivity index (χ1) is 9.15. The molecule has 1 saturated carbocycles. The molecule has 0 radical (unpaired) electrons. The number of anilines is 1. The van der Waals surface area contributed by atoms with Gasteiger partial charge in [0.15, 0.2) is 0 Å². The minimum absolute atomic E-state index is 0.0215. The summed E-state index contributed by atoms with van der Waals surface area (Å²) < 4.78 is 18.5. The zero-order valence-electron chi connectivity index (χ0n) is 10.3. The van der Waals surface area contributed by atoms with E-state index in [-0.39, 0.29) is 24.2 Å². The Morgan fingerprint density at radius 1 is 1.47 bits per heavy atom. The van der Waals surface area contributed by atoms with E-state index in [9.17, 15) is 9.18 Å². The zero-order chi connectivity index (χ0) is 13.4. The number of fused-ring (bicyclic) bond motifs is 1. The number of hydrogen-bond donors (Lipinski definition) is 3. The topological polar surface area (TPSA) is 76.4 Å². The molecule has 4 unspecified atom stereocenters. The second-order valence-electron chi connectivity index (χ2n) is 5.00. The lowest BCUT2D eigenvalue weighted by Gasteiger charge is -2.45. The van der Waals surface area contributed by atoms with Crippen LogP contribution in [0.3, 0.4) is 0 Å². The standard InChI is InChI=1S/C13H16FN3O2/c14-7-2-1-3-8(6-7)16-13(18)17-11-10(15)9-4-5-19-12(9)11/h1-3,6,9-12H,4-5,15H2,(H2,16,17,18). The molecule has 102 valence electrons. The number of nitrogens with two attached hydrogens (primary N) is 1. The first-order valence-electron chi connectivity index (χ1n) is 6.35. The van der Waals surface area contributed by atoms with E-state index in [4.69, 9.17) is 10.5 Å². The highest BCUT2D eigenvalue weighted by atomic mass is 19.1. The molecular formula is C13H16FN3O2. The second kappa shape index (κ2) is 4.79. The summed E-state index contributed by atoms with van der Waals surface area (Å²) in [6, 6.07) is 5.12. The van der Waals surface area contributed by atoms with Gasteiger partial charge < -0.3 is 21.1 Å². The monoisotopic (exact) mass is 265 g/mol. The van der Waals surface area contributed by atoms with Crippen LogP contribution in [0.25, 0.3) is 0 Å². The summed E-state index contributed by atoms with van der Waals surface area (Å²) in [6.07, 6.45) is 0.975. The third kappa shape index (κ3) is 2.29. The number of ether oxygens (including phenoxy) is 1. The van der Waals surface area contributed by atoms with Crippen LogP contribution >= 0.6 is 0 Å². The van der Waals surface area contributed by atoms with Gasteiger partial charge in [-0.3, -0.25) is 0 Å². The molecule has 5 nitrogen and oxygen atoms in total. The largest absolute Gasteiger partial charge is 0.376 e. The molecule has 4 atom stereocenters. The third-order valence-electron chi connectivity index (χ3n) is 3.83. The lowest BCUT2D eigenvalue weighted by Crippen LogP contribution is -2.69. The van der Waals surface area contributed by atoms with Crippen molar-refractivity contribution in [3.8, 4) is 0 Å². The number of urea groups is 1. The fraction of sp³-hybridized carbons (Fsp3) is 0.462. The second-order valence-corrected chi connectivity index (χ2v) is 5.00. The quantitative estimate of drug-likeness (QED) is 0.748. The number of rotatable bonds is 2. The normalized spacial score (nSPS) is 32.3. The number of nitrogens with one attached hydrogen (secondary N) is 2. The first-order valence-corrected chi connectivity index (χ1v) is 6.35. The van der Waals surface area contributed by atoms with Crippen molar-refractivity contribution in [2.24, 2.45) is 11.7 Å². The molecule has 0 bridgehead atoms. The van der Waals surface area contributed by atoms with Crippen molar-refractivity contribution in [3.05, 3.63) is 30.1 Å². The van der Waals surface area contributed by atoms with E-state index in [1.54, 1.807) is 6.07 Å². The Balaban J connectivity index is 1.57. The Morgan fingerprint density at radius 3 is 3.11 bits per heavy atom. The van der Waals surface area contributed by atoms with E-state index < -0.39 is 5.82 Å². The molecule has 1 aliphatic heterocycles. The fourth-order valence-electron chi connectivity index (χ4n) is 2.81. The maximum absolute atomic E-state index is 13.0. The maximum Gasteiger partial charge on any atom is 0.319 e. The minimum Gasteiger partial charge on any atom is -0.376 e. The molecule has 0 aromatic heterocycles. The van der Waals surface area contributed by atoms with Crippen LogP contribution in [-0.2, 0) is 4.74 Å². The van der Waals surface area contributed by atoms with Gasteiger partial charge >= 0.3 is 6.03 Å². The fourth-order valence-corrected chi connectivity index (χ4v) is 2.81. The van der Waals surface area contributed by atoms with E-state index in [1.165, 1.54) is 18.2 Å². The molecule has 1 aromatic rings. The highest BCUT2D eigenvalue weighted by Gasteiger charge is 2.52. The summed E-state index contributed by atoms with van der Waals surface area (Å²) >= 11 is 0. The van der Waals surface area contributed by atoms with Gasteiger partial charge in [-0.05, 0) is 24.6 Å². The van der Waals surface area contributed by atoms with Crippen molar-refractivity contribution in [1.29, 1.82) is 0 Å². The number of carbonyl (C=O) groups is 1. The minimum atomic E-state index is -0.391. The molecular weight excluding hydrogens is 249 g/mol. The van der Waals surface area contributed by atoms with Crippen LogP contribution in [0.4, 0.5) is 14.9 Å². The Hall–Kier alpha value is -1.66. The molecule has 3 rings (SSSR count). The lowest BCUT2D eigenvalue weighted by molar-refractivity contribution is -0.0128.